The number of hydrogen-bond acceptors (Lipinski definition) is 1. The summed E-state index contributed by atoms with van der Waals surface area (Å²) >= 11 is 0. The second kappa shape index (κ2) is 6.83. The molecule has 2 heteroatoms. The molecule has 0 N–H and O–H groups in total. The fraction of sp³-hybridized carbons (Fsp3) is 0.294. The van der Waals surface area contributed by atoms with E-state index in [1.54, 1.807) is 0 Å². The van der Waals surface area contributed by atoms with Crippen LogP contribution in [0.15, 0.2) is 60.9 Å². The number of pyridine rings is 1. The zero-order valence-corrected chi connectivity index (χ0v) is 11.3. The molecule has 19 heavy (non-hydrogen) atoms. The van der Waals surface area contributed by atoms with Gasteiger partial charge >= 0.3 is 0 Å². The summed E-state index contributed by atoms with van der Waals surface area (Å²) in [4.78, 5) is 12.6. The van der Waals surface area contributed by atoms with Crippen LogP contribution in [0.25, 0.3) is 0 Å². The van der Waals surface area contributed by atoms with Gasteiger partial charge in [0.05, 0.1) is 0 Å². The molecule has 0 saturated carbocycles. The van der Waals surface area contributed by atoms with Crippen molar-refractivity contribution >= 4 is 5.78 Å². The largest absolute Gasteiger partial charge is 0.287 e. The van der Waals surface area contributed by atoms with Crippen LogP contribution >= 0.6 is 0 Å². The van der Waals surface area contributed by atoms with Gasteiger partial charge in [0.25, 0.3) is 0 Å². The SMILES string of the molecule is CCCC[C@H](C(=O)c1ccccc1)[n+]1ccccc1. The minimum atomic E-state index is -0.0939. The van der Waals surface area contributed by atoms with Crippen LogP contribution in [0, 0.1) is 0 Å². The van der Waals surface area contributed by atoms with Gasteiger partial charge in [0.15, 0.2) is 12.4 Å². The lowest BCUT2D eigenvalue weighted by molar-refractivity contribution is -0.708. The maximum Gasteiger partial charge on any atom is 0.230 e. The number of carbonyl (C=O) groups is 1. The molecule has 1 aromatic heterocycles. The molecule has 2 rings (SSSR count). The molecule has 0 radical (unpaired) electrons. The van der Waals surface area contributed by atoms with Crippen molar-refractivity contribution in [1.82, 2.24) is 0 Å². The van der Waals surface area contributed by atoms with Crippen molar-refractivity contribution in [2.75, 3.05) is 0 Å². The minimum absolute atomic E-state index is 0.0939. The van der Waals surface area contributed by atoms with Crippen LogP contribution in [0.5, 0.6) is 0 Å². The van der Waals surface area contributed by atoms with Crippen molar-refractivity contribution in [3.63, 3.8) is 0 Å². The first kappa shape index (κ1) is 13.5. The predicted molar refractivity (Wildman–Crippen MR) is 76.0 cm³/mol. The number of aromatic nitrogens is 1. The van der Waals surface area contributed by atoms with Gasteiger partial charge in [-0.25, -0.2) is 0 Å². The van der Waals surface area contributed by atoms with E-state index >= 15 is 0 Å². The fourth-order valence-electron chi connectivity index (χ4n) is 2.23. The number of benzene rings is 1. The molecule has 1 heterocycles. The van der Waals surface area contributed by atoms with Crippen molar-refractivity contribution in [3.05, 3.63) is 66.5 Å². The van der Waals surface area contributed by atoms with Gasteiger partial charge in [0.1, 0.15) is 0 Å². The quantitative estimate of drug-likeness (QED) is 0.570. The summed E-state index contributed by atoms with van der Waals surface area (Å²) in [5.74, 6) is 0.199. The van der Waals surface area contributed by atoms with Gasteiger partial charge in [0.2, 0.25) is 11.8 Å². The van der Waals surface area contributed by atoms with E-state index < -0.39 is 0 Å². The van der Waals surface area contributed by atoms with E-state index in [1.165, 1.54) is 0 Å². The summed E-state index contributed by atoms with van der Waals surface area (Å²) in [5.41, 5.74) is 0.792. The lowest BCUT2D eigenvalue weighted by Crippen LogP contribution is -2.43. The zero-order chi connectivity index (χ0) is 13.5. The molecular formula is C17H20NO+. The Kier molecular flexibility index (Phi) is 4.85. The number of hydrogen-bond donors (Lipinski definition) is 0. The molecule has 0 fully saturated rings. The molecule has 2 nitrogen and oxygen atoms in total. The van der Waals surface area contributed by atoms with Crippen molar-refractivity contribution in [2.24, 2.45) is 0 Å². The fourth-order valence-corrected chi connectivity index (χ4v) is 2.23. The lowest BCUT2D eigenvalue weighted by atomic mass is 9.99. The number of nitrogens with zero attached hydrogens (tertiary/aromatic N) is 1. The molecule has 1 aromatic carbocycles. The van der Waals surface area contributed by atoms with Gasteiger partial charge in [-0.15, -0.1) is 0 Å². The Morgan fingerprint density at radius 1 is 1.05 bits per heavy atom. The molecule has 0 aliphatic heterocycles. The standard InChI is InChI=1S/C17H20NO/c1-2-3-12-16(18-13-8-5-9-14-18)17(19)15-10-6-4-7-11-15/h4-11,13-14,16H,2-3,12H2,1H3/q+1/t16-/m1/s1. The number of unbranched alkanes of at least 4 members (excludes halogenated alkanes) is 1. The third kappa shape index (κ3) is 3.50. The normalized spacial score (nSPS) is 12.1. The smallest absolute Gasteiger partial charge is 0.230 e. The third-order valence-corrected chi connectivity index (χ3v) is 3.29. The molecule has 0 amide bonds. The van der Waals surface area contributed by atoms with Crippen LogP contribution in [0.2, 0.25) is 0 Å². The van der Waals surface area contributed by atoms with Crippen molar-refractivity contribution in [1.29, 1.82) is 0 Å². The van der Waals surface area contributed by atoms with Crippen molar-refractivity contribution in [2.45, 2.75) is 32.2 Å². The molecule has 0 aliphatic carbocycles. The van der Waals surface area contributed by atoms with Crippen LogP contribution in [-0.4, -0.2) is 5.78 Å². The number of Topliss-reactive ketones (excluding diaryl/α,β-unsaturated/α-hetero) is 1. The number of ketones is 1. The molecule has 2 aromatic rings. The lowest BCUT2D eigenvalue weighted by Gasteiger charge is -2.11. The van der Waals surface area contributed by atoms with Crippen LogP contribution < -0.4 is 4.57 Å². The van der Waals surface area contributed by atoms with Crippen LogP contribution in [-0.2, 0) is 0 Å². The summed E-state index contributed by atoms with van der Waals surface area (Å²) in [6, 6.07) is 15.4. The molecule has 98 valence electrons. The zero-order valence-electron chi connectivity index (χ0n) is 11.3. The van der Waals surface area contributed by atoms with E-state index in [2.05, 4.69) is 6.92 Å². The summed E-state index contributed by atoms with van der Waals surface area (Å²) in [7, 11) is 0. The molecular weight excluding hydrogens is 234 g/mol. The van der Waals surface area contributed by atoms with Gasteiger partial charge in [-0.2, -0.15) is 4.57 Å². The van der Waals surface area contributed by atoms with Gasteiger partial charge in [-0.05, 0) is 6.42 Å². The second-order valence-corrected chi connectivity index (χ2v) is 4.71. The Bertz CT molecular complexity index is 507. The monoisotopic (exact) mass is 254 g/mol. The van der Waals surface area contributed by atoms with E-state index in [-0.39, 0.29) is 11.8 Å². The number of rotatable bonds is 6. The highest BCUT2D eigenvalue weighted by molar-refractivity contribution is 5.97. The highest BCUT2D eigenvalue weighted by Crippen LogP contribution is 2.15. The summed E-state index contributed by atoms with van der Waals surface area (Å²) < 4.78 is 2.02. The molecule has 0 aliphatic rings. The van der Waals surface area contributed by atoms with Gasteiger partial charge in [0, 0.05) is 24.1 Å². The molecule has 0 bridgehead atoms. The Balaban J connectivity index is 2.25. The van der Waals surface area contributed by atoms with E-state index in [4.69, 9.17) is 0 Å². The predicted octanol–water partition coefficient (Wildman–Crippen LogP) is 3.59. The first-order valence-corrected chi connectivity index (χ1v) is 6.88. The van der Waals surface area contributed by atoms with Crippen LogP contribution in [0.1, 0.15) is 42.6 Å². The third-order valence-electron chi connectivity index (χ3n) is 3.29. The maximum atomic E-state index is 12.6. The average molecular weight is 254 g/mol. The average Bonchev–Trinajstić information content (AvgIpc) is 2.49. The summed E-state index contributed by atoms with van der Waals surface area (Å²) in [6.07, 6.45) is 7.00. The van der Waals surface area contributed by atoms with Crippen molar-refractivity contribution in [3.8, 4) is 0 Å². The molecule has 0 saturated heterocycles. The second-order valence-electron chi connectivity index (χ2n) is 4.71. The van der Waals surface area contributed by atoms with Crippen LogP contribution in [0.4, 0.5) is 0 Å². The Morgan fingerprint density at radius 2 is 1.68 bits per heavy atom. The first-order chi connectivity index (χ1) is 9.33. The topological polar surface area (TPSA) is 20.9 Å². The maximum absolute atomic E-state index is 12.6. The highest BCUT2D eigenvalue weighted by Gasteiger charge is 2.27. The summed E-state index contributed by atoms with van der Waals surface area (Å²) in [5, 5.41) is 0. The first-order valence-electron chi connectivity index (χ1n) is 6.88. The van der Waals surface area contributed by atoms with E-state index in [0.717, 1.165) is 24.8 Å². The molecule has 0 spiro atoms. The van der Waals surface area contributed by atoms with Gasteiger partial charge in [-0.3, -0.25) is 4.79 Å². The Labute approximate surface area is 114 Å². The molecule has 1 atom stereocenters. The van der Waals surface area contributed by atoms with Gasteiger partial charge in [-0.1, -0.05) is 49.7 Å². The van der Waals surface area contributed by atoms with E-state index in [9.17, 15) is 4.79 Å². The Morgan fingerprint density at radius 3 is 2.32 bits per heavy atom. The van der Waals surface area contributed by atoms with E-state index in [1.807, 2.05) is 65.5 Å². The minimum Gasteiger partial charge on any atom is -0.287 e. The highest BCUT2D eigenvalue weighted by atomic mass is 16.1. The van der Waals surface area contributed by atoms with Gasteiger partial charge < -0.3 is 0 Å². The summed E-state index contributed by atoms with van der Waals surface area (Å²) in [6.45, 7) is 2.15. The van der Waals surface area contributed by atoms with E-state index in [0.29, 0.717) is 0 Å². The molecule has 0 unspecified atom stereocenters. The Hall–Kier alpha value is -1.96. The van der Waals surface area contributed by atoms with Crippen LogP contribution in [0.3, 0.4) is 0 Å². The number of carbonyl (C=O) groups excluding carboxylic acids is 1. The van der Waals surface area contributed by atoms with Crippen molar-refractivity contribution < 1.29 is 9.36 Å².